The number of hydrogen-bond acceptors (Lipinski definition) is 16. The van der Waals surface area contributed by atoms with Crippen molar-refractivity contribution >= 4 is 71.2 Å². The van der Waals surface area contributed by atoms with E-state index >= 15 is 0 Å². The van der Waals surface area contributed by atoms with Crippen LogP contribution < -0.4 is 48.5 Å². The molecule has 0 aliphatic carbocycles. The first-order valence-corrected chi connectivity index (χ1v) is 33.9. The molecule has 0 heterocycles. The third-order valence-electron chi connectivity index (χ3n) is 16.1. The summed E-state index contributed by atoms with van der Waals surface area (Å²) >= 11 is 3.37. The van der Waals surface area contributed by atoms with E-state index in [1.807, 2.05) is 121 Å². The second kappa shape index (κ2) is 39.9. The number of hydrogen-bond donors (Lipinski definition) is 4. The van der Waals surface area contributed by atoms with Gasteiger partial charge in [-0.3, -0.25) is 0 Å². The van der Waals surface area contributed by atoms with Gasteiger partial charge in [0.15, 0.2) is 0 Å². The van der Waals surface area contributed by atoms with Crippen molar-refractivity contribution in [2.75, 3.05) is 69.0 Å². The summed E-state index contributed by atoms with van der Waals surface area (Å²) in [6.45, 7) is 3.60. The predicted octanol–water partition coefficient (Wildman–Crippen LogP) is 18.3. The lowest BCUT2D eigenvalue weighted by Gasteiger charge is -2.15. The number of unbranched alkanes of at least 4 members (excludes halogenated alkanes) is 2. The molecule has 0 aliphatic heterocycles. The first kappa shape index (κ1) is 76.2. The molecule has 0 aliphatic rings. The molecule has 0 spiro atoms. The largest absolute Gasteiger partial charge is 0.508 e. The summed E-state index contributed by atoms with van der Waals surface area (Å²) in [5.41, 5.74) is 6.53. The Balaban J connectivity index is 0.000000236. The highest BCUT2D eigenvalue weighted by Crippen LogP contribution is 2.33. The maximum Gasteiger partial charge on any atom is 0.407 e. The van der Waals surface area contributed by atoms with Gasteiger partial charge in [0.1, 0.15) is 83.9 Å². The van der Waals surface area contributed by atoms with Crippen LogP contribution in [0.1, 0.15) is 72.1 Å². The van der Waals surface area contributed by atoms with Crippen molar-refractivity contribution in [2.45, 2.75) is 78.1 Å². The van der Waals surface area contributed by atoms with Crippen LogP contribution in [0.2, 0.25) is 0 Å². The molecule has 19 heteroatoms. The highest BCUT2D eigenvalue weighted by atomic mass is 79.9. The molecule has 0 unspecified atom stereocenters. The van der Waals surface area contributed by atoms with Gasteiger partial charge >= 0.3 is 12.2 Å². The second-order valence-corrected chi connectivity index (χ2v) is 23.7. The zero-order chi connectivity index (χ0) is 70.4. The van der Waals surface area contributed by atoms with Gasteiger partial charge in [-0.15, -0.1) is 0 Å². The molecule has 0 atom stereocenters. The number of alkyl carbamates (subject to hydrolysis) is 2. The molecule has 0 saturated carbocycles. The number of halogens is 1. The van der Waals surface area contributed by atoms with Crippen molar-refractivity contribution < 1.29 is 76.6 Å². The average Bonchev–Trinajstić information content (AvgIpc) is 0.785. The number of fused-ring (bicyclic) bond motifs is 4. The van der Waals surface area contributed by atoms with Crippen LogP contribution in [-0.4, -0.2) is 91.4 Å². The smallest absolute Gasteiger partial charge is 0.407 e. The van der Waals surface area contributed by atoms with E-state index in [1.54, 1.807) is 54.8 Å². The number of ether oxygens (including phenoxy) is 12. The second-order valence-electron chi connectivity index (χ2n) is 23.2. The Morgan fingerprint density at radius 2 is 0.644 bits per heavy atom. The number of phenols is 2. The van der Waals surface area contributed by atoms with Gasteiger partial charge in [0, 0.05) is 73.1 Å². The summed E-state index contributed by atoms with van der Waals surface area (Å²) in [6, 6.07) is 64.0. The summed E-state index contributed by atoms with van der Waals surface area (Å²) in [7, 11) is 9.75. The molecule has 11 aromatic rings. The molecule has 18 nitrogen and oxygen atoms in total. The highest BCUT2D eigenvalue weighted by molar-refractivity contribution is 9.08. The minimum absolute atomic E-state index is 0. The summed E-state index contributed by atoms with van der Waals surface area (Å²) in [5, 5.41) is 34.2. The van der Waals surface area contributed by atoms with Crippen LogP contribution in [0, 0.1) is 0 Å². The highest BCUT2D eigenvalue weighted by Gasteiger charge is 2.15. The van der Waals surface area contributed by atoms with Crippen molar-refractivity contribution in [1.82, 2.24) is 10.6 Å². The summed E-state index contributed by atoms with van der Waals surface area (Å²) < 4.78 is 67.1. The third kappa shape index (κ3) is 23.2. The number of amides is 2. The number of rotatable bonds is 31. The summed E-state index contributed by atoms with van der Waals surface area (Å²) in [5.74, 6) is 5.63. The molecular formula is C82H89BrN2O16. The number of phenolic OH excluding ortho intramolecular Hbond substituents is 2. The quantitative estimate of drug-likeness (QED) is 0.0181. The number of aromatic hydroxyl groups is 2. The molecule has 0 fully saturated rings. The topological polar surface area (TPSA) is 209 Å². The van der Waals surface area contributed by atoms with Crippen LogP contribution in [0.5, 0.6) is 57.5 Å². The maximum absolute atomic E-state index is 12.6. The fourth-order valence-electron chi connectivity index (χ4n) is 11.1. The normalized spacial score (nSPS) is 10.7. The van der Waals surface area contributed by atoms with Crippen molar-refractivity contribution in [3.8, 4) is 57.5 Å². The molecule has 2 amide bonds. The Bertz CT molecular complexity index is 4170. The predicted molar refractivity (Wildman–Crippen MR) is 400 cm³/mol. The van der Waals surface area contributed by atoms with Crippen LogP contribution in [0.15, 0.2) is 200 Å². The average molecular weight is 1440 g/mol. The molecule has 4 N–H and O–H groups in total. The van der Waals surface area contributed by atoms with E-state index in [4.69, 9.17) is 56.8 Å². The van der Waals surface area contributed by atoms with Crippen LogP contribution in [-0.2, 0) is 63.9 Å². The van der Waals surface area contributed by atoms with E-state index in [9.17, 15) is 19.8 Å². The lowest BCUT2D eigenvalue weighted by Crippen LogP contribution is -2.25. The SMILES string of the molecule is C.COc1cc(CBr)cc(OC)c1.COc1cc(COc2cc(COCCCCNC(=O)OCc3c4ccccc4cc4ccccc34)cc(OCc3cc(OC)cc(OC)c3)c2)cc(OC)c1.O=C(NCCCCOCc1cc(O)cc(O)c1)OCc1c2ccccc2cc2ccccc12. The molecule has 11 aromatic carbocycles. The minimum Gasteiger partial charge on any atom is -0.508 e. The number of carbonyl (C=O) groups excluding carboxylic acids is 2. The molecule has 0 bridgehead atoms. The van der Waals surface area contributed by atoms with E-state index in [0.717, 1.165) is 119 Å². The number of methoxy groups -OCH3 is 6. The van der Waals surface area contributed by atoms with Gasteiger partial charge in [-0.1, -0.05) is 120 Å². The minimum atomic E-state index is -0.443. The van der Waals surface area contributed by atoms with E-state index in [2.05, 4.69) is 87.2 Å². The van der Waals surface area contributed by atoms with E-state index in [0.29, 0.717) is 92.8 Å². The van der Waals surface area contributed by atoms with Crippen LogP contribution in [0.3, 0.4) is 0 Å². The van der Waals surface area contributed by atoms with Crippen molar-refractivity contribution in [3.05, 3.63) is 239 Å². The standard InChI is InChI=1S/C45H47NO9.C27H27NO5.C9H11BrO2.CH4/c1-48-36-17-32(18-37(24-36)49-2)28-53-40-21-31(22-41(26-40)54-29-33-19-38(50-3)25-39(20-33)51-4)27-52-16-10-9-15-46-45(47)55-30-44-42-13-7-5-11-34(42)23-35-12-6-8-14-43(35)44;29-22-13-19(14-23(30)16-22)17-32-12-6-5-11-28-27(31)33-18-26-24-9-3-1-7-20(24)15-21-8-2-4-10-25(21)26;1-11-8-3-7(6-10)4-9(5-8)12-2;/h5-8,11-14,17-26H,9-10,15-16,27-30H2,1-4H3,(H,46,47);1-4,7-10,13-16,29-30H,5-6,11-12,17-18H2,(H,28,31);3-5H,6H2,1-2H3;1H4. The van der Waals surface area contributed by atoms with Gasteiger partial charge in [-0.25, -0.2) is 9.59 Å². The molecule has 11 rings (SSSR count). The van der Waals surface area contributed by atoms with Gasteiger partial charge in [0.25, 0.3) is 0 Å². The zero-order valence-corrected chi connectivity index (χ0v) is 58.7. The van der Waals surface area contributed by atoms with Crippen molar-refractivity contribution in [3.63, 3.8) is 0 Å². The van der Waals surface area contributed by atoms with Gasteiger partial charge in [0.2, 0.25) is 0 Å². The number of alkyl halides is 1. The Morgan fingerprint density at radius 3 is 0.980 bits per heavy atom. The van der Waals surface area contributed by atoms with Crippen LogP contribution in [0.4, 0.5) is 9.59 Å². The Kier molecular flexibility index (Phi) is 30.1. The lowest BCUT2D eigenvalue weighted by molar-refractivity contribution is 0.115. The molecule has 0 saturated heterocycles. The van der Waals surface area contributed by atoms with E-state index in [1.165, 1.54) is 6.07 Å². The summed E-state index contributed by atoms with van der Waals surface area (Å²) in [4.78, 5) is 24.8. The lowest BCUT2D eigenvalue weighted by atomic mass is 9.97. The first-order valence-electron chi connectivity index (χ1n) is 32.7. The summed E-state index contributed by atoms with van der Waals surface area (Å²) in [6.07, 6.45) is 2.11. The molecule has 0 radical (unpaired) electrons. The Labute approximate surface area is 599 Å². The fraction of sp³-hybridized carbons (Fsp3) is 0.268. The maximum atomic E-state index is 12.6. The van der Waals surface area contributed by atoms with Gasteiger partial charge in [0.05, 0.1) is 55.9 Å². The zero-order valence-electron chi connectivity index (χ0n) is 57.1. The van der Waals surface area contributed by atoms with Crippen molar-refractivity contribution in [2.24, 2.45) is 0 Å². The fourth-order valence-corrected chi connectivity index (χ4v) is 11.4. The third-order valence-corrected chi connectivity index (χ3v) is 16.7. The van der Waals surface area contributed by atoms with Gasteiger partial charge in [-0.2, -0.15) is 0 Å². The van der Waals surface area contributed by atoms with Crippen LogP contribution in [0.25, 0.3) is 43.1 Å². The van der Waals surface area contributed by atoms with Crippen molar-refractivity contribution in [1.29, 1.82) is 0 Å². The number of nitrogens with one attached hydrogen (secondary N) is 2. The van der Waals surface area contributed by atoms with Gasteiger partial charge < -0.3 is 77.7 Å². The van der Waals surface area contributed by atoms with Gasteiger partial charge in [-0.05, 0) is 169 Å². The van der Waals surface area contributed by atoms with E-state index < -0.39 is 12.2 Å². The Morgan fingerprint density at radius 1 is 0.347 bits per heavy atom. The van der Waals surface area contributed by atoms with E-state index in [-0.39, 0.29) is 32.1 Å². The first-order chi connectivity index (χ1) is 48.8. The number of benzene rings is 11. The number of carbonyl (C=O) groups is 2. The monoisotopic (exact) mass is 1440 g/mol. The molecular weight excluding hydrogens is 1350 g/mol. The molecule has 0 aromatic heterocycles. The molecule has 530 valence electrons. The molecule has 101 heavy (non-hydrogen) atoms. The Hall–Kier alpha value is -10.6. The van der Waals surface area contributed by atoms with Crippen LogP contribution >= 0.6 is 15.9 Å².